The van der Waals surface area contributed by atoms with Crippen molar-refractivity contribution >= 4 is 35.1 Å². The topological polar surface area (TPSA) is 112 Å². The number of benzene rings is 3. The monoisotopic (exact) mass is 637 g/mol. The van der Waals surface area contributed by atoms with E-state index >= 15 is 0 Å². The summed E-state index contributed by atoms with van der Waals surface area (Å²) in [5.41, 5.74) is 4.41. The SMILES string of the molecule is CC(=O)O[C@@H](C)C(=O)NCc1ccc(C2O[C@H](Cn3cnc(Cl)c3Cl)[C@@H](c3ccccc3)[C@H](c3ccc(CO)cc3)O2)cc1. The number of aliphatic hydroxyl groups is 1. The first-order valence-electron chi connectivity index (χ1n) is 14.2. The molecule has 11 heteroatoms. The summed E-state index contributed by atoms with van der Waals surface area (Å²) >= 11 is 12.7. The van der Waals surface area contributed by atoms with Crippen LogP contribution in [0.5, 0.6) is 0 Å². The van der Waals surface area contributed by atoms with Gasteiger partial charge in [-0.25, -0.2) is 4.98 Å². The van der Waals surface area contributed by atoms with E-state index in [0.717, 1.165) is 27.8 Å². The average molecular weight is 639 g/mol. The number of rotatable bonds is 10. The number of hydrogen-bond acceptors (Lipinski definition) is 7. The molecule has 1 saturated heterocycles. The predicted octanol–water partition coefficient (Wildman–Crippen LogP) is 5.89. The van der Waals surface area contributed by atoms with Crippen molar-refractivity contribution < 1.29 is 28.9 Å². The van der Waals surface area contributed by atoms with E-state index in [1.807, 2.05) is 78.9 Å². The van der Waals surface area contributed by atoms with Gasteiger partial charge in [0.1, 0.15) is 5.15 Å². The Bertz CT molecular complexity index is 1560. The van der Waals surface area contributed by atoms with Crippen LogP contribution in [0.3, 0.4) is 0 Å². The number of nitrogens with zero attached hydrogens (tertiary/aromatic N) is 2. The molecule has 2 N–H and O–H groups in total. The van der Waals surface area contributed by atoms with E-state index in [1.165, 1.54) is 13.8 Å². The van der Waals surface area contributed by atoms with Crippen LogP contribution in [0.25, 0.3) is 0 Å². The lowest BCUT2D eigenvalue weighted by atomic mass is 9.83. The largest absolute Gasteiger partial charge is 0.453 e. The van der Waals surface area contributed by atoms with E-state index in [1.54, 1.807) is 10.9 Å². The Morgan fingerprint density at radius 2 is 1.61 bits per heavy atom. The Balaban J connectivity index is 1.44. The number of amides is 1. The highest BCUT2D eigenvalue weighted by Gasteiger charge is 2.42. The molecule has 4 aromatic rings. The van der Waals surface area contributed by atoms with E-state index in [-0.39, 0.29) is 30.1 Å². The van der Waals surface area contributed by atoms with Crippen LogP contribution in [0, 0.1) is 0 Å². The summed E-state index contributed by atoms with van der Waals surface area (Å²) in [5, 5.41) is 12.9. The van der Waals surface area contributed by atoms with Gasteiger partial charge in [0.2, 0.25) is 0 Å². The summed E-state index contributed by atoms with van der Waals surface area (Å²) in [7, 11) is 0. The molecule has 1 amide bonds. The van der Waals surface area contributed by atoms with E-state index in [9.17, 15) is 14.7 Å². The van der Waals surface area contributed by atoms with Crippen molar-refractivity contribution in [2.75, 3.05) is 0 Å². The maximum Gasteiger partial charge on any atom is 0.303 e. The molecule has 0 spiro atoms. The Labute approximate surface area is 265 Å². The summed E-state index contributed by atoms with van der Waals surface area (Å²) in [6, 6.07) is 25.3. The Morgan fingerprint density at radius 3 is 2.23 bits per heavy atom. The van der Waals surface area contributed by atoms with Crippen LogP contribution in [0.1, 0.15) is 60.0 Å². The molecule has 5 rings (SSSR count). The number of imidazole rings is 1. The second-order valence-corrected chi connectivity index (χ2v) is 11.3. The maximum atomic E-state index is 12.3. The third kappa shape index (κ3) is 7.49. The van der Waals surface area contributed by atoms with Gasteiger partial charge in [0.25, 0.3) is 5.91 Å². The molecule has 44 heavy (non-hydrogen) atoms. The number of esters is 1. The van der Waals surface area contributed by atoms with E-state index in [4.69, 9.17) is 37.4 Å². The number of hydrogen-bond donors (Lipinski definition) is 2. The first-order chi connectivity index (χ1) is 21.2. The van der Waals surface area contributed by atoms with Crippen molar-refractivity contribution in [3.05, 3.63) is 123 Å². The van der Waals surface area contributed by atoms with Crippen LogP contribution < -0.4 is 5.32 Å². The van der Waals surface area contributed by atoms with Crippen LogP contribution in [0.4, 0.5) is 0 Å². The minimum absolute atomic E-state index is 0.0579. The molecule has 0 bridgehead atoms. The van der Waals surface area contributed by atoms with Gasteiger partial charge in [-0.05, 0) is 29.2 Å². The van der Waals surface area contributed by atoms with Crippen molar-refractivity contribution in [3.63, 3.8) is 0 Å². The van der Waals surface area contributed by atoms with Gasteiger partial charge in [-0.3, -0.25) is 9.59 Å². The molecule has 0 saturated carbocycles. The quantitative estimate of drug-likeness (QED) is 0.209. The minimum Gasteiger partial charge on any atom is -0.453 e. The zero-order valence-corrected chi connectivity index (χ0v) is 25.7. The summed E-state index contributed by atoms with van der Waals surface area (Å²) in [6.07, 6.45) is -0.825. The molecule has 0 radical (unpaired) electrons. The molecule has 230 valence electrons. The van der Waals surface area contributed by atoms with Crippen molar-refractivity contribution in [2.24, 2.45) is 0 Å². The predicted molar refractivity (Wildman–Crippen MR) is 165 cm³/mol. The van der Waals surface area contributed by atoms with Crippen molar-refractivity contribution in [1.82, 2.24) is 14.9 Å². The van der Waals surface area contributed by atoms with E-state index < -0.39 is 30.6 Å². The second kappa shape index (κ2) is 14.4. The number of aromatic nitrogens is 2. The van der Waals surface area contributed by atoms with Crippen molar-refractivity contribution in [2.45, 2.75) is 64.1 Å². The molecule has 5 atom stereocenters. The lowest BCUT2D eigenvalue weighted by molar-refractivity contribution is -0.263. The van der Waals surface area contributed by atoms with E-state index in [2.05, 4.69) is 10.3 Å². The molecule has 1 unspecified atom stereocenters. The molecular formula is C33H33Cl2N3O6. The zero-order chi connectivity index (χ0) is 31.2. The first-order valence-corrected chi connectivity index (χ1v) is 14.9. The average Bonchev–Trinajstić information content (AvgIpc) is 3.35. The fourth-order valence-corrected chi connectivity index (χ4v) is 5.57. The van der Waals surface area contributed by atoms with Crippen LogP contribution in [-0.2, 0) is 43.5 Å². The number of carbonyl (C=O) groups is 2. The third-order valence-corrected chi connectivity index (χ3v) is 8.28. The molecule has 3 aromatic carbocycles. The van der Waals surface area contributed by atoms with Crippen LogP contribution >= 0.6 is 23.2 Å². The molecule has 0 aliphatic carbocycles. The molecule has 1 aliphatic rings. The van der Waals surface area contributed by atoms with Gasteiger partial charge in [0.15, 0.2) is 17.5 Å². The number of ether oxygens (including phenoxy) is 3. The molecule has 2 heterocycles. The highest BCUT2D eigenvalue weighted by molar-refractivity contribution is 6.40. The number of aliphatic hydroxyl groups excluding tert-OH is 1. The summed E-state index contributed by atoms with van der Waals surface area (Å²) in [6.45, 7) is 3.36. The summed E-state index contributed by atoms with van der Waals surface area (Å²) < 4.78 is 20.1. The van der Waals surface area contributed by atoms with Crippen LogP contribution in [0.15, 0.2) is 85.2 Å². The van der Waals surface area contributed by atoms with Gasteiger partial charge in [0, 0.05) is 24.9 Å². The zero-order valence-electron chi connectivity index (χ0n) is 24.2. The smallest absolute Gasteiger partial charge is 0.303 e. The Kier molecular flexibility index (Phi) is 10.3. The van der Waals surface area contributed by atoms with Gasteiger partial charge < -0.3 is 29.2 Å². The number of nitrogens with one attached hydrogen (secondary N) is 1. The van der Waals surface area contributed by atoms with Crippen molar-refractivity contribution in [1.29, 1.82) is 0 Å². The van der Waals surface area contributed by atoms with Gasteiger partial charge >= 0.3 is 5.97 Å². The first kappa shape index (κ1) is 31.7. The van der Waals surface area contributed by atoms with Gasteiger partial charge in [-0.15, -0.1) is 0 Å². The fraction of sp³-hybridized carbons (Fsp3) is 0.303. The molecular weight excluding hydrogens is 605 g/mol. The van der Waals surface area contributed by atoms with Gasteiger partial charge in [-0.1, -0.05) is 102 Å². The van der Waals surface area contributed by atoms with Crippen molar-refractivity contribution in [3.8, 4) is 0 Å². The summed E-state index contributed by atoms with van der Waals surface area (Å²) in [4.78, 5) is 27.6. The van der Waals surface area contributed by atoms with Crippen LogP contribution in [-0.4, -0.2) is 38.7 Å². The maximum absolute atomic E-state index is 12.3. The third-order valence-electron chi connectivity index (χ3n) is 7.51. The minimum atomic E-state index is -0.882. The molecule has 9 nitrogen and oxygen atoms in total. The van der Waals surface area contributed by atoms with Gasteiger partial charge in [-0.2, -0.15) is 0 Å². The highest BCUT2D eigenvalue weighted by atomic mass is 35.5. The lowest BCUT2D eigenvalue weighted by Gasteiger charge is -2.43. The Hall–Kier alpha value is -3.73. The van der Waals surface area contributed by atoms with Gasteiger partial charge in [0.05, 0.1) is 31.7 Å². The number of carbonyl (C=O) groups excluding carboxylic acids is 2. The second-order valence-electron chi connectivity index (χ2n) is 10.6. The standard InChI is InChI=1S/C33H33Cl2N3O6/c1-20(42-21(2)40)32(41)36-16-22-8-14-26(15-9-22)33-43-27(17-38-19-37-30(34)31(38)35)28(24-6-4-3-5-7-24)29(44-33)25-12-10-23(18-39)11-13-25/h3-15,19-20,27-29,33,39H,16-18H2,1-2H3,(H,36,41)/t20-,27+,28+,29-,33?/m0/s1. The van der Waals surface area contributed by atoms with Crippen LogP contribution in [0.2, 0.25) is 10.3 Å². The van der Waals surface area contributed by atoms with E-state index in [0.29, 0.717) is 11.7 Å². The highest BCUT2D eigenvalue weighted by Crippen LogP contribution is 2.47. The summed E-state index contributed by atoms with van der Waals surface area (Å²) in [5.74, 6) is -1.12. The number of halogens is 2. The molecule has 1 aromatic heterocycles. The Morgan fingerprint density at radius 1 is 0.955 bits per heavy atom. The normalized spacial score (nSPS) is 20.6. The molecule has 1 fully saturated rings. The molecule has 1 aliphatic heterocycles. The fourth-order valence-electron chi connectivity index (χ4n) is 5.26. The lowest BCUT2D eigenvalue weighted by Crippen LogP contribution is -2.39.